The van der Waals surface area contributed by atoms with E-state index in [1.165, 1.54) is 12.1 Å². The number of hydrogen-bond donors (Lipinski definition) is 1. The minimum atomic E-state index is -0.599. The summed E-state index contributed by atoms with van der Waals surface area (Å²) in [6.07, 6.45) is 5.42. The Morgan fingerprint density at radius 3 is 3.00 bits per heavy atom. The van der Waals surface area contributed by atoms with Gasteiger partial charge in [0.25, 0.3) is 5.91 Å². The molecule has 0 saturated heterocycles. The largest absolute Gasteiger partial charge is 0.351 e. The van der Waals surface area contributed by atoms with Crippen LogP contribution in [0.15, 0.2) is 18.2 Å². The molecule has 2 nitrogen and oxygen atoms in total. The third-order valence-electron chi connectivity index (χ3n) is 1.73. The number of amides is 1. The van der Waals surface area contributed by atoms with Gasteiger partial charge in [-0.15, -0.1) is 12.3 Å². The van der Waals surface area contributed by atoms with Crippen molar-refractivity contribution in [3.8, 4) is 12.3 Å². The summed E-state index contributed by atoms with van der Waals surface area (Å²) < 4.78 is 13.2. The average molecular weight is 226 g/mol. The van der Waals surface area contributed by atoms with Gasteiger partial charge < -0.3 is 5.32 Å². The van der Waals surface area contributed by atoms with Crippen LogP contribution < -0.4 is 5.32 Å². The van der Waals surface area contributed by atoms with Crippen LogP contribution in [0.3, 0.4) is 0 Å². The molecule has 4 heteroatoms. The number of terminal acetylenes is 1. The van der Waals surface area contributed by atoms with Crippen LogP contribution >= 0.6 is 11.6 Å². The Morgan fingerprint density at radius 2 is 2.33 bits per heavy atom. The molecule has 1 aromatic rings. The van der Waals surface area contributed by atoms with Crippen LogP contribution in [0.2, 0.25) is 5.02 Å². The molecule has 0 atom stereocenters. The minimum absolute atomic E-state index is 0.0699. The van der Waals surface area contributed by atoms with E-state index in [1.54, 1.807) is 0 Å². The van der Waals surface area contributed by atoms with Gasteiger partial charge >= 0.3 is 0 Å². The highest BCUT2D eigenvalue weighted by atomic mass is 35.5. The number of carbonyl (C=O) groups is 1. The van der Waals surface area contributed by atoms with Crippen LogP contribution in [0, 0.1) is 18.2 Å². The van der Waals surface area contributed by atoms with Crippen molar-refractivity contribution in [1.82, 2.24) is 5.32 Å². The molecule has 15 heavy (non-hydrogen) atoms. The summed E-state index contributed by atoms with van der Waals surface area (Å²) in [7, 11) is 0. The van der Waals surface area contributed by atoms with E-state index in [0.29, 0.717) is 18.0 Å². The Labute approximate surface area is 92.4 Å². The maximum atomic E-state index is 13.2. The number of hydrogen-bond acceptors (Lipinski definition) is 1. The van der Waals surface area contributed by atoms with Gasteiger partial charge in [-0.25, -0.2) is 4.39 Å². The number of rotatable bonds is 3. The molecule has 0 spiro atoms. The summed E-state index contributed by atoms with van der Waals surface area (Å²) in [4.78, 5) is 11.4. The molecule has 1 N–H and O–H groups in total. The van der Waals surface area contributed by atoms with E-state index in [9.17, 15) is 9.18 Å². The predicted molar refractivity (Wildman–Crippen MR) is 57.2 cm³/mol. The summed E-state index contributed by atoms with van der Waals surface area (Å²) in [5.74, 6) is 1.26. The lowest BCUT2D eigenvalue weighted by molar-refractivity contribution is 0.0950. The van der Waals surface area contributed by atoms with Crippen LogP contribution in [0.25, 0.3) is 0 Å². The molecule has 0 bridgehead atoms. The first-order valence-corrected chi connectivity index (χ1v) is 4.69. The van der Waals surface area contributed by atoms with Crippen LogP contribution in [0.4, 0.5) is 4.39 Å². The number of benzene rings is 1. The van der Waals surface area contributed by atoms with E-state index in [4.69, 9.17) is 18.0 Å². The molecule has 0 unspecified atom stereocenters. The molecule has 1 aromatic carbocycles. The molecule has 0 aliphatic carbocycles. The highest BCUT2D eigenvalue weighted by Crippen LogP contribution is 2.14. The Bertz CT molecular complexity index is 412. The second-order valence-corrected chi connectivity index (χ2v) is 3.27. The Balaban J connectivity index is 2.73. The Hall–Kier alpha value is -1.53. The maximum Gasteiger partial charge on any atom is 0.254 e. The standard InChI is InChI=1S/C11H9ClFNO/c1-2-3-6-14-11(15)9-7-8(12)4-5-10(9)13/h1,4-5,7H,3,6H2,(H,14,15). The molecular weight excluding hydrogens is 217 g/mol. The maximum absolute atomic E-state index is 13.2. The zero-order valence-electron chi connectivity index (χ0n) is 7.89. The van der Waals surface area contributed by atoms with E-state index < -0.39 is 11.7 Å². The van der Waals surface area contributed by atoms with Gasteiger partial charge in [-0.2, -0.15) is 0 Å². The summed E-state index contributed by atoms with van der Waals surface area (Å²) >= 11 is 5.64. The van der Waals surface area contributed by atoms with Gasteiger partial charge in [0.1, 0.15) is 5.82 Å². The lowest BCUT2D eigenvalue weighted by Gasteiger charge is -2.04. The van der Waals surface area contributed by atoms with Crippen molar-refractivity contribution in [2.45, 2.75) is 6.42 Å². The van der Waals surface area contributed by atoms with Gasteiger partial charge in [0.15, 0.2) is 0 Å². The van der Waals surface area contributed by atoms with Crippen LogP contribution in [-0.2, 0) is 0 Å². The second-order valence-electron chi connectivity index (χ2n) is 2.83. The summed E-state index contributed by atoms with van der Waals surface area (Å²) in [6, 6.07) is 3.82. The van der Waals surface area contributed by atoms with E-state index >= 15 is 0 Å². The third-order valence-corrected chi connectivity index (χ3v) is 1.96. The molecule has 0 saturated carbocycles. The first-order chi connectivity index (χ1) is 7.15. The average Bonchev–Trinajstić information content (AvgIpc) is 2.22. The molecule has 0 aliphatic heterocycles. The zero-order valence-corrected chi connectivity index (χ0v) is 8.64. The summed E-state index contributed by atoms with van der Waals surface area (Å²) in [5, 5.41) is 2.81. The van der Waals surface area contributed by atoms with Gasteiger partial charge in [-0.3, -0.25) is 4.79 Å². The van der Waals surface area contributed by atoms with Crippen LogP contribution in [0.5, 0.6) is 0 Å². The lowest BCUT2D eigenvalue weighted by atomic mass is 10.2. The van der Waals surface area contributed by atoms with E-state index in [1.807, 2.05) is 0 Å². The van der Waals surface area contributed by atoms with Gasteiger partial charge in [0.2, 0.25) is 0 Å². The van der Waals surface area contributed by atoms with Gasteiger partial charge in [0, 0.05) is 18.0 Å². The van der Waals surface area contributed by atoms with Gasteiger partial charge in [-0.05, 0) is 18.2 Å². The fourth-order valence-electron chi connectivity index (χ4n) is 1.01. The lowest BCUT2D eigenvalue weighted by Crippen LogP contribution is -2.25. The Morgan fingerprint density at radius 1 is 1.60 bits per heavy atom. The summed E-state index contributed by atoms with van der Waals surface area (Å²) in [6.45, 7) is 0.321. The molecule has 78 valence electrons. The first kappa shape index (κ1) is 11.5. The monoisotopic (exact) mass is 225 g/mol. The Kier molecular flexibility index (Phi) is 4.14. The molecular formula is C11H9ClFNO. The van der Waals surface area contributed by atoms with E-state index in [2.05, 4.69) is 11.2 Å². The van der Waals surface area contributed by atoms with E-state index in [0.717, 1.165) is 6.07 Å². The van der Waals surface area contributed by atoms with Crippen LogP contribution in [-0.4, -0.2) is 12.5 Å². The fourth-order valence-corrected chi connectivity index (χ4v) is 1.19. The van der Waals surface area contributed by atoms with Crippen LogP contribution in [0.1, 0.15) is 16.8 Å². The molecule has 0 heterocycles. The fraction of sp³-hybridized carbons (Fsp3) is 0.182. The number of nitrogens with one attached hydrogen (secondary N) is 1. The molecule has 1 amide bonds. The highest BCUT2D eigenvalue weighted by molar-refractivity contribution is 6.30. The van der Waals surface area contributed by atoms with Crippen molar-refractivity contribution in [3.05, 3.63) is 34.6 Å². The second kappa shape index (κ2) is 5.38. The van der Waals surface area contributed by atoms with Gasteiger partial charge in [0.05, 0.1) is 5.56 Å². The minimum Gasteiger partial charge on any atom is -0.351 e. The number of carbonyl (C=O) groups excluding carboxylic acids is 1. The molecule has 0 aromatic heterocycles. The van der Waals surface area contributed by atoms with Gasteiger partial charge in [-0.1, -0.05) is 11.6 Å². The molecule has 1 rings (SSSR count). The van der Waals surface area contributed by atoms with Crippen molar-refractivity contribution < 1.29 is 9.18 Å². The smallest absolute Gasteiger partial charge is 0.254 e. The summed E-state index contributed by atoms with van der Waals surface area (Å²) in [5.41, 5.74) is -0.0699. The normalized spacial score (nSPS) is 9.40. The predicted octanol–water partition coefficient (Wildman–Crippen LogP) is 2.23. The molecule has 0 radical (unpaired) electrons. The quantitative estimate of drug-likeness (QED) is 0.620. The topological polar surface area (TPSA) is 29.1 Å². The molecule has 0 fully saturated rings. The third kappa shape index (κ3) is 3.26. The van der Waals surface area contributed by atoms with Crippen molar-refractivity contribution in [3.63, 3.8) is 0 Å². The SMILES string of the molecule is C#CCCNC(=O)c1cc(Cl)ccc1F. The first-order valence-electron chi connectivity index (χ1n) is 4.32. The van der Waals surface area contributed by atoms with Crippen molar-refractivity contribution in [1.29, 1.82) is 0 Å². The van der Waals surface area contributed by atoms with Crippen molar-refractivity contribution >= 4 is 17.5 Å². The van der Waals surface area contributed by atoms with Crippen molar-refractivity contribution in [2.24, 2.45) is 0 Å². The van der Waals surface area contributed by atoms with Crippen molar-refractivity contribution in [2.75, 3.05) is 6.54 Å². The molecule has 0 aliphatic rings. The number of halogens is 2. The van der Waals surface area contributed by atoms with E-state index in [-0.39, 0.29) is 5.56 Å². The highest BCUT2D eigenvalue weighted by Gasteiger charge is 2.10. The zero-order chi connectivity index (χ0) is 11.3.